The van der Waals surface area contributed by atoms with Crippen LogP contribution in [0.4, 0.5) is 24.5 Å². The maximum absolute atomic E-state index is 13.5. The summed E-state index contributed by atoms with van der Waals surface area (Å²) in [6.07, 6.45) is 2.81. The van der Waals surface area contributed by atoms with Gasteiger partial charge in [-0.2, -0.15) is 13.2 Å². The van der Waals surface area contributed by atoms with Gasteiger partial charge in [0.25, 0.3) is 0 Å². The van der Waals surface area contributed by atoms with Gasteiger partial charge < -0.3 is 30.1 Å². The van der Waals surface area contributed by atoms with Crippen LogP contribution >= 0.6 is 0 Å². The number of anilines is 2. The Labute approximate surface area is 368 Å². The summed E-state index contributed by atoms with van der Waals surface area (Å²) in [5.41, 5.74) is 7.82. The molecule has 332 valence electrons. The molecular weight excluding hydrogens is 782 g/mol. The molecule has 4 aromatic carbocycles. The third-order valence-electron chi connectivity index (χ3n) is 15.1. The van der Waals surface area contributed by atoms with Gasteiger partial charge in [0, 0.05) is 88.3 Å². The molecule has 0 amide bonds. The summed E-state index contributed by atoms with van der Waals surface area (Å²) in [6, 6.07) is 33.0. The minimum atomic E-state index is -4.31. The first-order chi connectivity index (χ1) is 30.1. The third kappa shape index (κ3) is 9.75. The smallest absolute Gasteiger partial charge is 0.378 e. The fraction of sp³-hybridized carbons (Fsp3) is 0.538. The fourth-order valence-corrected chi connectivity index (χ4v) is 11.5. The highest BCUT2D eigenvalue weighted by Crippen LogP contribution is 2.54. The first kappa shape index (κ1) is 43.3. The number of hydrogen-bond donors (Lipinski definition) is 2. The third-order valence-corrected chi connectivity index (χ3v) is 15.1. The molecule has 0 bridgehead atoms. The van der Waals surface area contributed by atoms with Crippen molar-refractivity contribution in [2.24, 2.45) is 17.8 Å². The van der Waals surface area contributed by atoms with Gasteiger partial charge in [-0.3, -0.25) is 4.90 Å². The van der Waals surface area contributed by atoms with Crippen molar-refractivity contribution in [2.75, 3.05) is 90.2 Å². The van der Waals surface area contributed by atoms with Crippen molar-refractivity contribution in [1.82, 2.24) is 19.6 Å². The van der Waals surface area contributed by atoms with E-state index >= 15 is 0 Å². The number of likely N-dealkylation sites (N-methyl/N-ethyl adjacent to an activating group) is 2. The van der Waals surface area contributed by atoms with E-state index in [9.17, 15) is 13.2 Å². The average molecular weight is 849 g/mol. The summed E-state index contributed by atoms with van der Waals surface area (Å²) >= 11 is 0. The summed E-state index contributed by atoms with van der Waals surface area (Å²) < 4.78 is 47.4. The molecule has 0 radical (unpaired) electrons. The monoisotopic (exact) mass is 849 g/mol. The maximum Gasteiger partial charge on any atom is 0.416 e. The summed E-state index contributed by atoms with van der Waals surface area (Å²) in [6.45, 7) is 13.4. The van der Waals surface area contributed by atoms with Crippen LogP contribution in [0.15, 0.2) is 97.1 Å². The first-order valence-electron chi connectivity index (χ1n) is 23.5. The lowest BCUT2D eigenvalue weighted by molar-refractivity contribution is -0.137. The quantitative estimate of drug-likeness (QED) is 0.192. The van der Waals surface area contributed by atoms with Crippen LogP contribution in [0.1, 0.15) is 96.5 Å². The molecule has 5 heterocycles. The molecule has 5 aliphatic heterocycles. The molecule has 10 heteroatoms. The van der Waals surface area contributed by atoms with Crippen molar-refractivity contribution in [3.8, 4) is 0 Å². The summed E-state index contributed by atoms with van der Waals surface area (Å²) in [5.74, 6) is 1.49. The van der Waals surface area contributed by atoms with Gasteiger partial charge in [0.05, 0.1) is 29.9 Å². The Kier molecular flexibility index (Phi) is 13.3. The topological polar surface area (TPSA) is 46.3 Å². The zero-order valence-corrected chi connectivity index (χ0v) is 37.0. The first-order valence-corrected chi connectivity index (χ1v) is 23.5. The van der Waals surface area contributed by atoms with E-state index in [2.05, 4.69) is 112 Å². The Morgan fingerprint density at radius 2 is 1.18 bits per heavy atom. The van der Waals surface area contributed by atoms with Crippen molar-refractivity contribution in [3.05, 3.63) is 130 Å². The molecule has 0 spiro atoms. The van der Waals surface area contributed by atoms with Crippen LogP contribution < -0.4 is 10.6 Å². The van der Waals surface area contributed by atoms with Crippen LogP contribution in [-0.2, 0) is 17.3 Å². The number of rotatable bonds is 7. The molecule has 10 rings (SSSR count). The number of alkyl halides is 3. The number of nitrogens with one attached hydrogen (secondary N) is 2. The minimum absolute atomic E-state index is 0.148. The predicted octanol–water partition coefficient (Wildman–Crippen LogP) is 10.1. The van der Waals surface area contributed by atoms with Gasteiger partial charge in [0.15, 0.2) is 0 Å². The fourth-order valence-electron chi connectivity index (χ4n) is 11.5. The predicted molar refractivity (Wildman–Crippen MR) is 245 cm³/mol. The number of halogens is 3. The van der Waals surface area contributed by atoms with E-state index in [0.717, 1.165) is 95.7 Å². The molecule has 4 fully saturated rings. The van der Waals surface area contributed by atoms with Crippen molar-refractivity contribution >= 4 is 11.4 Å². The van der Waals surface area contributed by atoms with Crippen LogP contribution in [0.3, 0.4) is 0 Å². The molecule has 8 atom stereocenters. The maximum atomic E-state index is 13.5. The van der Waals surface area contributed by atoms with Crippen molar-refractivity contribution in [1.29, 1.82) is 0 Å². The van der Waals surface area contributed by atoms with Crippen LogP contribution in [-0.4, -0.2) is 105 Å². The second-order valence-electron chi connectivity index (χ2n) is 19.2. The van der Waals surface area contributed by atoms with E-state index in [1.165, 1.54) is 59.6 Å². The summed E-state index contributed by atoms with van der Waals surface area (Å²) in [7, 11) is 4.39. The van der Waals surface area contributed by atoms with E-state index in [0.29, 0.717) is 29.9 Å². The van der Waals surface area contributed by atoms with Crippen molar-refractivity contribution < 1.29 is 17.9 Å². The van der Waals surface area contributed by atoms with Crippen LogP contribution in [0, 0.1) is 17.8 Å². The lowest BCUT2D eigenvalue weighted by Crippen LogP contribution is -2.49. The number of hydrogen-bond acceptors (Lipinski definition) is 7. The number of aryl methyl sites for hydroxylation is 1. The van der Waals surface area contributed by atoms with Gasteiger partial charge >= 0.3 is 6.18 Å². The zero-order chi connectivity index (χ0) is 42.8. The van der Waals surface area contributed by atoms with Gasteiger partial charge in [-0.1, -0.05) is 79.7 Å². The average Bonchev–Trinajstić information content (AvgIpc) is 3.30. The van der Waals surface area contributed by atoms with Gasteiger partial charge in [-0.15, -0.1) is 0 Å². The van der Waals surface area contributed by atoms with E-state index in [1.807, 2.05) is 18.2 Å². The molecule has 6 aliphatic rings. The Morgan fingerprint density at radius 1 is 0.613 bits per heavy atom. The normalized spacial score (nSPS) is 29.4. The Hall–Kier alpha value is -3.93. The molecule has 0 aromatic heterocycles. The lowest BCUT2D eigenvalue weighted by Gasteiger charge is -2.47. The largest absolute Gasteiger partial charge is 0.416 e. The van der Waals surface area contributed by atoms with Gasteiger partial charge in [-0.25, -0.2) is 0 Å². The van der Waals surface area contributed by atoms with Gasteiger partial charge in [-0.05, 0) is 117 Å². The van der Waals surface area contributed by atoms with Crippen LogP contribution in [0.5, 0.6) is 0 Å². The number of fused-ring (bicyclic) bond motifs is 6. The van der Waals surface area contributed by atoms with Crippen LogP contribution in [0.2, 0.25) is 0 Å². The summed E-state index contributed by atoms with van der Waals surface area (Å²) in [4.78, 5) is 9.94. The SMILES string of the molecule is CCc1ccc2c(c1)C1OC(CN3CCN(C)CC3)CCC1C(c1ccccc1)N2.CN1CCN(CC2CCC3C(C2)c2cc(C(F)(F)F)ccc2NC3c2ccccc2)CC1. The van der Waals surface area contributed by atoms with Gasteiger partial charge in [0.2, 0.25) is 0 Å². The Balaban J connectivity index is 0.000000158. The molecule has 1 aliphatic carbocycles. The highest BCUT2D eigenvalue weighted by molar-refractivity contribution is 5.60. The molecule has 8 unspecified atom stereocenters. The van der Waals surface area contributed by atoms with E-state index in [-0.39, 0.29) is 18.1 Å². The van der Waals surface area contributed by atoms with Crippen molar-refractivity contribution in [3.63, 3.8) is 0 Å². The number of ether oxygens (including phenoxy) is 1. The molecular formula is C52H67F3N6O. The molecule has 4 aromatic rings. The molecule has 62 heavy (non-hydrogen) atoms. The van der Waals surface area contributed by atoms with Gasteiger partial charge in [0.1, 0.15) is 0 Å². The highest BCUT2D eigenvalue weighted by Gasteiger charge is 2.44. The summed E-state index contributed by atoms with van der Waals surface area (Å²) in [5, 5.41) is 7.48. The molecule has 2 N–H and O–H groups in total. The van der Waals surface area contributed by atoms with Crippen molar-refractivity contribution in [2.45, 2.75) is 81.8 Å². The molecule has 3 saturated heterocycles. The van der Waals surface area contributed by atoms with E-state index < -0.39 is 11.7 Å². The highest BCUT2D eigenvalue weighted by atomic mass is 19.4. The van der Waals surface area contributed by atoms with Crippen LogP contribution in [0.25, 0.3) is 0 Å². The number of piperazine rings is 2. The second kappa shape index (κ2) is 19.0. The van der Waals surface area contributed by atoms with E-state index in [4.69, 9.17) is 4.74 Å². The Morgan fingerprint density at radius 3 is 1.79 bits per heavy atom. The lowest BCUT2D eigenvalue weighted by atomic mass is 9.65. The molecule has 1 saturated carbocycles. The Bertz CT molecular complexity index is 2070. The number of benzene rings is 4. The van der Waals surface area contributed by atoms with E-state index in [1.54, 1.807) is 6.07 Å². The second-order valence-corrected chi connectivity index (χ2v) is 19.2. The zero-order valence-electron chi connectivity index (χ0n) is 37.0. The molecule has 7 nitrogen and oxygen atoms in total. The minimum Gasteiger partial charge on any atom is -0.378 e. The number of nitrogens with zero attached hydrogens (tertiary/aromatic N) is 4. The standard InChI is InChI=1S/C26H32F3N3.C26H35N3O/c1-31-11-13-32(14-12-31)17-18-7-9-21-22(15-18)23-16-20(26(27,28)29)8-10-24(23)30-25(21)19-5-3-2-4-6-19;1-3-19-9-12-24-23(17-19)26-22(25(27-24)20-7-5-4-6-8-20)11-10-21(30-26)18-29-15-13-28(2)14-16-29/h2-6,8,10,16,18,21-22,25,30H,7,9,11-15,17H2,1H3;4-9,12,17,21-22,25-27H,3,10-11,13-16,18H2,1-2H3.